The van der Waals surface area contributed by atoms with Crippen molar-refractivity contribution in [2.24, 2.45) is 17.8 Å². The summed E-state index contributed by atoms with van der Waals surface area (Å²) in [6, 6.07) is 4.48. The van der Waals surface area contributed by atoms with Gasteiger partial charge in [0.2, 0.25) is 5.91 Å². The van der Waals surface area contributed by atoms with Gasteiger partial charge in [0.15, 0.2) is 6.61 Å². The number of halogens is 3. The summed E-state index contributed by atoms with van der Waals surface area (Å²) in [4.78, 5) is 52.1. The lowest BCUT2D eigenvalue weighted by atomic mass is 9.93. The zero-order chi connectivity index (χ0) is 25.1. The highest BCUT2D eigenvalue weighted by Crippen LogP contribution is 2.42. The molecule has 0 spiro atoms. The van der Waals surface area contributed by atoms with Gasteiger partial charge in [-0.15, -0.1) is 0 Å². The fourth-order valence-corrected chi connectivity index (χ4v) is 5.35. The van der Waals surface area contributed by atoms with E-state index in [0.717, 1.165) is 30.3 Å². The van der Waals surface area contributed by atoms with Crippen LogP contribution in [0.25, 0.3) is 0 Å². The molecule has 3 fully saturated rings. The van der Waals surface area contributed by atoms with Crippen molar-refractivity contribution in [3.8, 4) is 5.75 Å². The number of likely N-dealkylation sites (tertiary alicyclic amines) is 1. The van der Waals surface area contributed by atoms with E-state index in [4.69, 9.17) is 16.3 Å². The van der Waals surface area contributed by atoms with Gasteiger partial charge in [-0.05, 0) is 43.2 Å². The molecule has 1 aromatic carbocycles. The molecule has 3 aliphatic rings. The number of carbonyl (C=O) groups excluding carboxylic acids is 4. The summed E-state index contributed by atoms with van der Waals surface area (Å²) >= 11 is 5.35. The monoisotopic (exact) mass is 512 g/mol. The van der Waals surface area contributed by atoms with Gasteiger partial charge in [-0.2, -0.15) is 0 Å². The van der Waals surface area contributed by atoms with Crippen LogP contribution in [0.3, 0.4) is 0 Å². The Bertz CT molecular complexity index is 996. The number of fused-ring (bicyclic) bond motifs is 1. The van der Waals surface area contributed by atoms with Crippen molar-refractivity contribution < 1.29 is 32.7 Å². The van der Waals surface area contributed by atoms with E-state index >= 15 is 0 Å². The van der Waals surface area contributed by atoms with Crippen LogP contribution < -0.4 is 15.5 Å². The van der Waals surface area contributed by atoms with E-state index in [-0.39, 0.29) is 30.0 Å². The van der Waals surface area contributed by atoms with Crippen molar-refractivity contribution in [1.29, 1.82) is 0 Å². The molecular formula is C23H27ClF2N4O5. The molecule has 2 N–H and O–H groups in total. The zero-order valence-corrected chi connectivity index (χ0v) is 19.7. The standard InChI is InChI=1S/C23H27ClF2N4O5/c24-20(26)23(34)30(11-14-7-8-27-21(14)32)28-22(33)19-17-6-1-3-13(17)10-29(19)18(31)12-35-16-5-2-4-15(25)9-16/h2,4-5,9,13-14,17,19-20H,1,3,6-8,10-12H2,(H,27,32)(H,28,33)/t13-,14+,17-,19-,20+/m1/s1. The summed E-state index contributed by atoms with van der Waals surface area (Å²) in [5.41, 5.74) is 0.0196. The molecule has 4 amide bonds. The number of nitrogens with zero attached hydrogens (tertiary/aromatic N) is 2. The van der Waals surface area contributed by atoms with Crippen LogP contribution in [-0.2, 0) is 19.2 Å². The lowest BCUT2D eigenvalue weighted by Gasteiger charge is -2.31. The number of amides is 4. The van der Waals surface area contributed by atoms with E-state index in [9.17, 15) is 28.0 Å². The van der Waals surface area contributed by atoms with Gasteiger partial charge >= 0.3 is 0 Å². The minimum absolute atomic E-state index is 0.107. The third-order valence-electron chi connectivity index (χ3n) is 6.90. The summed E-state index contributed by atoms with van der Waals surface area (Å²) < 4.78 is 32.5. The van der Waals surface area contributed by atoms with Crippen LogP contribution in [0.15, 0.2) is 24.3 Å². The topological polar surface area (TPSA) is 108 Å². The van der Waals surface area contributed by atoms with Crippen molar-refractivity contribution in [2.75, 3.05) is 26.2 Å². The molecule has 2 heterocycles. The number of hydrogen-bond acceptors (Lipinski definition) is 5. The highest BCUT2D eigenvalue weighted by molar-refractivity contribution is 6.29. The second-order valence-electron chi connectivity index (χ2n) is 9.09. The Balaban J connectivity index is 1.47. The Hall–Kier alpha value is -2.95. The van der Waals surface area contributed by atoms with Crippen molar-refractivity contribution in [3.63, 3.8) is 0 Å². The van der Waals surface area contributed by atoms with E-state index < -0.39 is 47.7 Å². The Morgan fingerprint density at radius 1 is 1.29 bits per heavy atom. The van der Waals surface area contributed by atoms with Crippen LogP contribution in [-0.4, -0.2) is 71.5 Å². The SMILES string of the molecule is O=C1NCC[C@H]1CN(NC(=O)[C@H]1[C@@H]2CCC[C@@H]2CN1C(=O)COc1cccc(F)c1)C(=O)[C@H](F)Cl. The molecule has 1 aromatic rings. The largest absolute Gasteiger partial charge is 0.484 e. The van der Waals surface area contributed by atoms with Gasteiger partial charge in [0.25, 0.3) is 23.4 Å². The van der Waals surface area contributed by atoms with Crippen molar-refractivity contribution in [1.82, 2.24) is 20.7 Å². The lowest BCUT2D eigenvalue weighted by Crippen LogP contribution is -2.57. The second kappa shape index (κ2) is 10.8. The average molecular weight is 513 g/mol. The molecule has 190 valence electrons. The van der Waals surface area contributed by atoms with Gasteiger partial charge in [0.05, 0.1) is 12.5 Å². The molecule has 4 rings (SSSR count). The highest BCUT2D eigenvalue weighted by atomic mass is 35.5. The van der Waals surface area contributed by atoms with Gasteiger partial charge in [-0.1, -0.05) is 24.1 Å². The minimum atomic E-state index is -2.40. The number of hydrazine groups is 1. The van der Waals surface area contributed by atoms with Crippen LogP contribution in [0, 0.1) is 23.6 Å². The van der Waals surface area contributed by atoms with E-state index in [0.29, 0.717) is 19.5 Å². The van der Waals surface area contributed by atoms with Crippen LogP contribution in [0.4, 0.5) is 8.78 Å². The van der Waals surface area contributed by atoms with E-state index in [1.54, 1.807) is 0 Å². The molecule has 1 saturated carbocycles. The Labute approximate surface area is 206 Å². The molecule has 12 heteroatoms. The number of benzene rings is 1. The summed E-state index contributed by atoms with van der Waals surface area (Å²) in [7, 11) is 0. The number of nitrogens with one attached hydrogen (secondary N) is 2. The molecule has 0 bridgehead atoms. The van der Waals surface area contributed by atoms with Crippen molar-refractivity contribution in [3.05, 3.63) is 30.1 Å². The first-order chi connectivity index (χ1) is 16.7. The van der Waals surface area contributed by atoms with E-state index in [2.05, 4.69) is 10.7 Å². The number of hydrogen-bond donors (Lipinski definition) is 2. The fraction of sp³-hybridized carbons (Fsp3) is 0.565. The van der Waals surface area contributed by atoms with E-state index in [1.807, 2.05) is 0 Å². The van der Waals surface area contributed by atoms with Crippen LogP contribution in [0.2, 0.25) is 0 Å². The van der Waals surface area contributed by atoms with Gasteiger partial charge < -0.3 is 15.0 Å². The molecule has 2 saturated heterocycles. The number of ether oxygens (including phenoxy) is 1. The normalized spacial score (nSPS) is 26.1. The third kappa shape index (κ3) is 5.66. The van der Waals surface area contributed by atoms with Gasteiger partial charge in [0.1, 0.15) is 17.6 Å². The molecular weight excluding hydrogens is 486 g/mol. The van der Waals surface area contributed by atoms with E-state index in [1.165, 1.54) is 23.1 Å². The molecule has 0 aromatic heterocycles. The van der Waals surface area contributed by atoms with Crippen molar-refractivity contribution in [2.45, 2.75) is 37.4 Å². The maximum atomic E-state index is 13.7. The predicted molar refractivity (Wildman–Crippen MR) is 120 cm³/mol. The van der Waals surface area contributed by atoms with Gasteiger partial charge in [-0.25, -0.2) is 13.8 Å². The summed E-state index contributed by atoms with van der Waals surface area (Å²) in [5.74, 6) is -3.56. The number of rotatable bonds is 7. The zero-order valence-electron chi connectivity index (χ0n) is 18.9. The quantitative estimate of drug-likeness (QED) is 0.424. The maximum absolute atomic E-state index is 13.7. The van der Waals surface area contributed by atoms with Crippen LogP contribution in [0.1, 0.15) is 25.7 Å². The fourth-order valence-electron chi connectivity index (χ4n) is 5.23. The number of alkyl halides is 2. The molecule has 1 aliphatic carbocycles. The third-order valence-corrected chi connectivity index (χ3v) is 7.09. The molecule has 9 nitrogen and oxygen atoms in total. The van der Waals surface area contributed by atoms with Crippen LogP contribution >= 0.6 is 11.6 Å². The Kier molecular flexibility index (Phi) is 7.73. The van der Waals surface area contributed by atoms with Gasteiger partial charge in [0, 0.05) is 19.2 Å². The number of carbonyl (C=O) groups is 4. The van der Waals surface area contributed by atoms with Gasteiger partial charge in [-0.3, -0.25) is 24.6 Å². The maximum Gasteiger partial charge on any atom is 0.291 e. The Morgan fingerprint density at radius 3 is 2.77 bits per heavy atom. The molecule has 35 heavy (non-hydrogen) atoms. The molecule has 0 radical (unpaired) electrons. The first kappa shape index (κ1) is 25.2. The Morgan fingerprint density at radius 2 is 2.09 bits per heavy atom. The first-order valence-electron chi connectivity index (χ1n) is 11.6. The van der Waals surface area contributed by atoms with Crippen molar-refractivity contribution >= 4 is 35.2 Å². The summed E-state index contributed by atoms with van der Waals surface area (Å²) in [6.07, 6.45) is 2.90. The first-order valence-corrected chi connectivity index (χ1v) is 12.0. The molecule has 5 atom stereocenters. The molecule has 0 unspecified atom stereocenters. The smallest absolute Gasteiger partial charge is 0.291 e. The molecule has 2 aliphatic heterocycles. The summed E-state index contributed by atoms with van der Waals surface area (Å²) in [5, 5.41) is 3.37. The second-order valence-corrected chi connectivity index (χ2v) is 9.48. The lowest BCUT2D eigenvalue weighted by molar-refractivity contribution is -0.149. The highest BCUT2D eigenvalue weighted by Gasteiger charge is 2.50. The van der Waals surface area contributed by atoms with Crippen LogP contribution in [0.5, 0.6) is 5.75 Å². The average Bonchev–Trinajstić information content (AvgIpc) is 3.52. The predicted octanol–water partition coefficient (Wildman–Crippen LogP) is 1.36. The minimum Gasteiger partial charge on any atom is -0.484 e. The summed E-state index contributed by atoms with van der Waals surface area (Å²) in [6.45, 7) is 0.125.